The predicted octanol–water partition coefficient (Wildman–Crippen LogP) is 0.0725. The van der Waals surface area contributed by atoms with Gasteiger partial charge in [0, 0.05) is 19.2 Å². The Labute approximate surface area is 96.3 Å². The van der Waals surface area contributed by atoms with Crippen LogP contribution in [0.2, 0.25) is 0 Å². The average Bonchev–Trinajstić information content (AvgIpc) is 2.74. The van der Waals surface area contributed by atoms with Gasteiger partial charge in [0.1, 0.15) is 0 Å². The average molecular weight is 227 g/mol. The summed E-state index contributed by atoms with van der Waals surface area (Å²) in [5.74, 6) is 0.548. The van der Waals surface area contributed by atoms with E-state index in [1.54, 1.807) is 0 Å². The van der Waals surface area contributed by atoms with E-state index in [0.29, 0.717) is 12.5 Å². The van der Waals surface area contributed by atoms with Gasteiger partial charge in [-0.05, 0) is 25.3 Å². The van der Waals surface area contributed by atoms with E-state index in [4.69, 9.17) is 4.74 Å². The van der Waals surface area contributed by atoms with Crippen molar-refractivity contribution in [2.24, 2.45) is 5.92 Å². The van der Waals surface area contributed by atoms with Crippen LogP contribution < -0.4 is 16.0 Å². The molecular formula is C11H21N3O2. The lowest BCUT2D eigenvalue weighted by atomic mass is 9.95. The van der Waals surface area contributed by atoms with Crippen molar-refractivity contribution in [3.8, 4) is 0 Å². The van der Waals surface area contributed by atoms with E-state index in [-0.39, 0.29) is 18.1 Å². The number of rotatable bonds is 2. The zero-order valence-corrected chi connectivity index (χ0v) is 9.79. The minimum atomic E-state index is -0.0592. The lowest BCUT2D eigenvalue weighted by molar-refractivity contribution is 0.187. The Morgan fingerprint density at radius 2 is 2.25 bits per heavy atom. The summed E-state index contributed by atoms with van der Waals surface area (Å²) in [4.78, 5) is 11.7. The maximum Gasteiger partial charge on any atom is 0.315 e. The second-order valence-corrected chi connectivity index (χ2v) is 4.75. The van der Waals surface area contributed by atoms with Crippen molar-refractivity contribution in [3.63, 3.8) is 0 Å². The number of urea groups is 1. The molecule has 2 fully saturated rings. The van der Waals surface area contributed by atoms with E-state index in [0.717, 1.165) is 32.5 Å². The van der Waals surface area contributed by atoms with Crippen molar-refractivity contribution in [1.82, 2.24) is 16.0 Å². The summed E-state index contributed by atoms with van der Waals surface area (Å²) in [6, 6.07) is 0.374. The summed E-state index contributed by atoms with van der Waals surface area (Å²) < 4.78 is 5.21. The molecular weight excluding hydrogens is 206 g/mol. The van der Waals surface area contributed by atoms with Crippen LogP contribution in [-0.4, -0.2) is 44.4 Å². The summed E-state index contributed by atoms with van der Waals surface area (Å²) in [7, 11) is 0. The first-order valence-corrected chi connectivity index (χ1v) is 6.11. The lowest BCUT2D eigenvalue weighted by Gasteiger charge is -2.30. The molecule has 0 aromatic heterocycles. The fourth-order valence-corrected chi connectivity index (χ4v) is 2.23. The highest BCUT2D eigenvalue weighted by atomic mass is 16.5. The number of amides is 2. The van der Waals surface area contributed by atoms with Crippen molar-refractivity contribution in [2.75, 3.05) is 26.3 Å². The molecule has 0 spiro atoms. The molecule has 0 radical (unpaired) electrons. The molecule has 2 aliphatic heterocycles. The summed E-state index contributed by atoms with van der Waals surface area (Å²) in [6.07, 6.45) is 2.05. The first-order chi connectivity index (χ1) is 7.75. The van der Waals surface area contributed by atoms with Crippen LogP contribution in [0.15, 0.2) is 0 Å². The molecule has 2 rings (SSSR count). The Morgan fingerprint density at radius 3 is 2.94 bits per heavy atom. The predicted molar refractivity (Wildman–Crippen MR) is 61.3 cm³/mol. The molecule has 0 aliphatic carbocycles. The highest BCUT2D eigenvalue weighted by molar-refractivity contribution is 5.74. The normalized spacial score (nSPS) is 34.7. The Morgan fingerprint density at radius 1 is 1.38 bits per heavy atom. The summed E-state index contributed by atoms with van der Waals surface area (Å²) in [5, 5.41) is 9.27. The molecule has 92 valence electrons. The molecule has 0 saturated carbocycles. The lowest BCUT2D eigenvalue weighted by Crippen LogP contribution is -2.54. The smallest absolute Gasteiger partial charge is 0.315 e. The Bertz CT molecular complexity index is 241. The number of carbonyl (C=O) groups excluding carboxylic acids is 1. The molecule has 0 aromatic rings. The largest absolute Gasteiger partial charge is 0.379 e. The maximum absolute atomic E-state index is 11.7. The Kier molecular flexibility index (Phi) is 4.01. The van der Waals surface area contributed by atoms with E-state index in [1.807, 2.05) is 0 Å². The van der Waals surface area contributed by atoms with Crippen molar-refractivity contribution in [2.45, 2.75) is 31.8 Å². The standard InChI is InChI=1S/C11H21N3O2/c1-8-2-4-12-6-10(8)14-11(15)13-9-3-5-16-7-9/h8-10,12H,2-7H2,1H3,(H2,13,14,15). The molecule has 3 N–H and O–H groups in total. The summed E-state index contributed by atoms with van der Waals surface area (Å²) >= 11 is 0. The van der Waals surface area contributed by atoms with Crippen LogP contribution in [0, 0.1) is 5.92 Å². The molecule has 5 nitrogen and oxygen atoms in total. The second-order valence-electron chi connectivity index (χ2n) is 4.75. The van der Waals surface area contributed by atoms with Crippen molar-refractivity contribution in [3.05, 3.63) is 0 Å². The molecule has 2 saturated heterocycles. The Hall–Kier alpha value is -0.810. The number of hydrogen-bond acceptors (Lipinski definition) is 3. The quantitative estimate of drug-likeness (QED) is 0.626. The van der Waals surface area contributed by atoms with Gasteiger partial charge >= 0.3 is 6.03 Å². The van der Waals surface area contributed by atoms with E-state index in [9.17, 15) is 4.79 Å². The first kappa shape index (κ1) is 11.7. The molecule has 0 bridgehead atoms. The van der Waals surface area contributed by atoms with Crippen molar-refractivity contribution < 1.29 is 9.53 Å². The molecule has 5 heteroatoms. The summed E-state index contributed by atoms with van der Waals surface area (Å²) in [6.45, 7) is 5.51. The van der Waals surface area contributed by atoms with Gasteiger partial charge in [-0.15, -0.1) is 0 Å². The summed E-state index contributed by atoms with van der Waals surface area (Å²) in [5.41, 5.74) is 0. The molecule has 2 heterocycles. The maximum atomic E-state index is 11.7. The van der Waals surface area contributed by atoms with Gasteiger partial charge in [-0.2, -0.15) is 0 Å². The van der Waals surface area contributed by atoms with Gasteiger partial charge < -0.3 is 20.7 Å². The van der Waals surface area contributed by atoms with E-state index in [1.165, 1.54) is 0 Å². The third kappa shape index (κ3) is 3.09. The SMILES string of the molecule is CC1CCNCC1NC(=O)NC1CCOC1. The highest BCUT2D eigenvalue weighted by Crippen LogP contribution is 2.11. The van der Waals surface area contributed by atoms with Crippen LogP contribution in [0.5, 0.6) is 0 Å². The fourth-order valence-electron chi connectivity index (χ4n) is 2.23. The minimum Gasteiger partial charge on any atom is -0.379 e. The van der Waals surface area contributed by atoms with Crippen LogP contribution in [0.3, 0.4) is 0 Å². The number of piperidine rings is 1. The van der Waals surface area contributed by atoms with Crippen molar-refractivity contribution in [1.29, 1.82) is 0 Å². The molecule has 0 aromatic carbocycles. The molecule has 3 unspecified atom stereocenters. The van der Waals surface area contributed by atoms with Crippen LogP contribution in [-0.2, 0) is 4.74 Å². The van der Waals surface area contributed by atoms with E-state index < -0.39 is 0 Å². The van der Waals surface area contributed by atoms with Crippen LogP contribution >= 0.6 is 0 Å². The zero-order chi connectivity index (χ0) is 11.4. The number of hydrogen-bond donors (Lipinski definition) is 3. The minimum absolute atomic E-state index is 0.0592. The third-order valence-electron chi connectivity index (χ3n) is 3.41. The fraction of sp³-hybridized carbons (Fsp3) is 0.909. The molecule has 2 amide bonds. The number of nitrogens with one attached hydrogen (secondary N) is 3. The van der Waals surface area contributed by atoms with Gasteiger partial charge in [0.2, 0.25) is 0 Å². The van der Waals surface area contributed by atoms with Gasteiger partial charge in [0.25, 0.3) is 0 Å². The van der Waals surface area contributed by atoms with Crippen LogP contribution in [0.4, 0.5) is 4.79 Å². The van der Waals surface area contributed by atoms with Crippen molar-refractivity contribution >= 4 is 6.03 Å². The van der Waals surface area contributed by atoms with Gasteiger partial charge in [-0.25, -0.2) is 4.79 Å². The highest BCUT2D eigenvalue weighted by Gasteiger charge is 2.24. The van der Waals surface area contributed by atoms with Crippen LogP contribution in [0.1, 0.15) is 19.8 Å². The molecule has 2 aliphatic rings. The molecule has 3 atom stereocenters. The van der Waals surface area contributed by atoms with Crippen LogP contribution in [0.25, 0.3) is 0 Å². The van der Waals surface area contributed by atoms with Gasteiger partial charge in [0.05, 0.1) is 12.6 Å². The van der Waals surface area contributed by atoms with E-state index >= 15 is 0 Å². The number of carbonyl (C=O) groups is 1. The second kappa shape index (κ2) is 5.50. The van der Waals surface area contributed by atoms with Gasteiger partial charge in [0.15, 0.2) is 0 Å². The van der Waals surface area contributed by atoms with E-state index in [2.05, 4.69) is 22.9 Å². The molecule has 16 heavy (non-hydrogen) atoms. The monoisotopic (exact) mass is 227 g/mol. The topological polar surface area (TPSA) is 62.4 Å². The zero-order valence-electron chi connectivity index (χ0n) is 9.79. The van der Waals surface area contributed by atoms with Gasteiger partial charge in [-0.3, -0.25) is 0 Å². The Balaban J connectivity index is 1.72. The third-order valence-corrected chi connectivity index (χ3v) is 3.41. The number of ether oxygens (including phenoxy) is 1. The van der Waals surface area contributed by atoms with Gasteiger partial charge in [-0.1, -0.05) is 6.92 Å². The first-order valence-electron chi connectivity index (χ1n) is 6.11.